The van der Waals surface area contributed by atoms with Crippen molar-refractivity contribution in [1.82, 2.24) is 19.1 Å². The van der Waals surface area contributed by atoms with E-state index in [4.69, 9.17) is 9.97 Å². The van der Waals surface area contributed by atoms with Gasteiger partial charge in [-0.2, -0.15) is 0 Å². The van der Waals surface area contributed by atoms with E-state index < -0.39 is 0 Å². The first-order valence-electron chi connectivity index (χ1n) is 22.7. The van der Waals surface area contributed by atoms with E-state index in [0.29, 0.717) is 0 Å². The van der Waals surface area contributed by atoms with Gasteiger partial charge in [0.05, 0.1) is 50.2 Å². The zero-order valence-corrected chi connectivity index (χ0v) is 37.0. The fourth-order valence-electron chi connectivity index (χ4n) is 10.5. The molecule has 5 heteroatoms. The van der Waals surface area contributed by atoms with Crippen LogP contribution in [-0.2, 0) is 0 Å². The molecule has 312 valence electrons. The van der Waals surface area contributed by atoms with Crippen LogP contribution in [0.15, 0.2) is 231 Å². The van der Waals surface area contributed by atoms with Gasteiger partial charge in [0, 0.05) is 63.9 Å². The average molecular weight is 871 g/mol. The predicted molar refractivity (Wildman–Crippen MR) is 285 cm³/mol. The molecule has 0 unspecified atom stereocenters. The van der Waals surface area contributed by atoms with E-state index in [2.05, 4.69) is 228 Å². The number of aromatic nitrogens is 4. The van der Waals surface area contributed by atoms with Gasteiger partial charge in [0.2, 0.25) is 0 Å². The Morgan fingerprint density at radius 2 is 0.821 bits per heavy atom. The van der Waals surface area contributed by atoms with Crippen molar-refractivity contribution >= 4 is 108 Å². The monoisotopic (exact) mass is 870 g/mol. The number of para-hydroxylation sites is 4. The first kappa shape index (κ1) is 37.7. The molecule has 4 heterocycles. The minimum Gasteiger partial charge on any atom is -0.309 e. The molecule has 14 aromatic rings. The molecule has 0 saturated carbocycles. The van der Waals surface area contributed by atoms with Crippen LogP contribution < -0.4 is 0 Å². The zero-order valence-electron chi connectivity index (χ0n) is 36.1. The van der Waals surface area contributed by atoms with Crippen LogP contribution >= 0.6 is 11.3 Å². The maximum absolute atomic E-state index is 5.46. The first-order chi connectivity index (χ1) is 33.2. The standard InChI is InChI=1S/C62H38N4S/c1-2-17-40-36-58-51(35-39(40)16-1)48-24-8-12-28-54(48)65(58)44-19-4-6-22-47-46-23-7-13-29-55(46)66(56(47)30-15-20-44)57-37-43(34-41-18-3-5-21-45(41)57)62-61(63-52-26-10-11-27-53(52)64-62)42-32-33-50-49-25-9-14-31-59(49)67-60(50)38-42/h1-38H. The van der Waals surface area contributed by atoms with Crippen LogP contribution in [0.3, 0.4) is 0 Å². The maximum atomic E-state index is 5.46. The molecule has 4 aromatic heterocycles. The molecule has 0 amide bonds. The predicted octanol–water partition coefficient (Wildman–Crippen LogP) is 17.0. The van der Waals surface area contributed by atoms with Crippen molar-refractivity contribution in [2.45, 2.75) is 0 Å². The molecule has 0 atom stereocenters. The van der Waals surface area contributed by atoms with Gasteiger partial charge in [-0.25, -0.2) is 9.97 Å². The van der Waals surface area contributed by atoms with Crippen molar-refractivity contribution in [2.75, 3.05) is 0 Å². The van der Waals surface area contributed by atoms with Gasteiger partial charge >= 0.3 is 0 Å². The van der Waals surface area contributed by atoms with Crippen LogP contribution in [0.4, 0.5) is 0 Å². The summed E-state index contributed by atoms with van der Waals surface area (Å²) in [5, 5.41) is 12.1. The number of thiophene rings is 1. The van der Waals surface area contributed by atoms with Crippen LogP contribution in [0.1, 0.15) is 0 Å². The summed E-state index contributed by atoms with van der Waals surface area (Å²) in [5.41, 5.74) is 12.3. The Morgan fingerprint density at radius 3 is 1.57 bits per heavy atom. The smallest absolute Gasteiger partial charge is 0.0974 e. The molecule has 0 aliphatic heterocycles. The number of hydrogen-bond donors (Lipinski definition) is 0. The highest BCUT2D eigenvalue weighted by atomic mass is 32.1. The van der Waals surface area contributed by atoms with Crippen LogP contribution in [0.2, 0.25) is 0 Å². The molecular formula is C62H38N4S. The Labute approximate surface area is 389 Å². The molecule has 0 saturated heterocycles. The van der Waals surface area contributed by atoms with Gasteiger partial charge in [-0.1, -0.05) is 152 Å². The first-order valence-corrected chi connectivity index (χ1v) is 23.5. The van der Waals surface area contributed by atoms with Crippen molar-refractivity contribution < 1.29 is 0 Å². The molecule has 10 aromatic carbocycles. The Morgan fingerprint density at radius 1 is 0.299 bits per heavy atom. The second kappa shape index (κ2) is 15.0. The molecule has 4 nitrogen and oxygen atoms in total. The largest absolute Gasteiger partial charge is 0.309 e. The Hall–Kier alpha value is -8.64. The minimum atomic E-state index is 0.853. The Bertz CT molecular complexity index is 4420. The molecule has 0 radical (unpaired) electrons. The van der Waals surface area contributed by atoms with E-state index in [1.54, 1.807) is 0 Å². The number of rotatable bonds is 4. The van der Waals surface area contributed by atoms with Crippen LogP contribution in [0, 0.1) is 0 Å². The third-order valence-electron chi connectivity index (χ3n) is 13.5. The topological polar surface area (TPSA) is 35.6 Å². The molecule has 0 spiro atoms. The second-order valence-electron chi connectivity index (χ2n) is 17.3. The van der Waals surface area contributed by atoms with Gasteiger partial charge in [0.15, 0.2) is 0 Å². The summed E-state index contributed by atoms with van der Waals surface area (Å²) in [6.45, 7) is 0. The van der Waals surface area contributed by atoms with E-state index >= 15 is 0 Å². The van der Waals surface area contributed by atoms with Crippen molar-refractivity contribution in [3.05, 3.63) is 231 Å². The summed E-state index contributed by atoms with van der Waals surface area (Å²) >= 11 is 1.83. The van der Waals surface area contributed by atoms with Crippen LogP contribution in [-0.4, -0.2) is 19.1 Å². The van der Waals surface area contributed by atoms with Gasteiger partial charge in [0.1, 0.15) is 0 Å². The van der Waals surface area contributed by atoms with Crippen LogP contribution in [0.5, 0.6) is 0 Å². The van der Waals surface area contributed by atoms with Crippen molar-refractivity contribution in [2.24, 2.45) is 0 Å². The lowest BCUT2D eigenvalue weighted by Gasteiger charge is -2.16. The van der Waals surface area contributed by atoms with Gasteiger partial charge in [0.25, 0.3) is 0 Å². The number of hydrogen-bond acceptors (Lipinski definition) is 3. The normalized spacial score (nSPS) is 11.9. The van der Waals surface area contributed by atoms with E-state index in [9.17, 15) is 0 Å². The lowest BCUT2D eigenvalue weighted by molar-refractivity contribution is 1.18. The fraction of sp³-hybridized carbons (Fsp3) is 0. The molecule has 0 bridgehead atoms. The number of fused-ring (bicyclic) bond motifs is 12. The van der Waals surface area contributed by atoms with E-state index in [1.165, 1.54) is 58.1 Å². The molecule has 0 N–H and O–H groups in total. The summed E-state index contributed by atoms with van der Waals surface area (Å²) in [6.07, 6.45) is 0. The summed E-state index contributed by atoms with van der Waals surface area (Å²) in [7, 11) is 0. The minimum absolute atomic E-state index is 0.853. The van der Waals surface area contributed by atoms with E-state index in [1.807, 2.05) is 23.5 Å². The summed E-state index contributed by atoms with van der Waals surface area (Å²) in [5.74, 6) is 0. The highest BCUT2D eigenvalue weighted by molar-refractivity contribution is 7.25. The molecule has 0 aliphatic rings. The van der Waals surface area contributed by atoms with Crippen molar-refractivity contribution in [1.29, 1.82) is 0 Å². The Balaban J connectivity index is 1.01. The molecule has 0 fully saturated rings. The molecular weight excluding hydrogens is 833 g/mol. The third-order valence-corrected chi connectivity index (χ3v) is 14.6. The fourth-order valence-corrected chi connectivity index (χ4v) is 11.6. The summed E-state index contributed by atoms with van der Waals surface area (Å²) in [4.78, 5) is 10.9. The van der Waals surface area contributed by atoms with Crippen molar-refractivity contribution in [3.8, 4) is 33.9 Å². The molecule has 67 heavy (non-hydrogen) atoms. The third kappa shape index (κ3) is 5.99. The van der Waals surface area contributed by atoms with Gasteiger partial charge in [-0.15, -0.1) is 11.3 Å². The highest BCUT2D eigenvalue weighted by Gasteiger charge is 2.20. The lowest BCUT2D eigenvalue weighted by Crippen LogP contribution is -1.99. The highest BCUT2D eigenvalue weighted by Crippen LogP contribution is 2.42. The zero-order chi connectivity index (χ0) is 44.0. The summed E-state index contributed by atoms with van der Waals surface area (Å²) < 4.78 is 7.37. The Kier molecular flexibility index (Phi) is 8.42. The van der Waals surface area contributed by atoms with Gasteiger partial charge in [-0.05, 0) is 95.0 Å². The molecule has 14 rings (SSSR count). The second-order valence-corrected chi connectivity index (χ2v) is 18.4. The van der Waals surface area contributed by atoms with E-state index in [0.717, 1.165) is 72.1 Å². The lowest BCUT2D eigenvalue weighted by atomic mass is 9.98. The maximum Gasteiger partial charge on any atom is 0.0974 e. The average Bonchev–Trinajstić information content (AvgIpc) is 4.02. The molecule has 0 aliphatic carbocycles. The number of nitrogens with zero attached hydrogens (tertiary/aromatic N) is 4. The SMILES string of the molecule is c1ccc2c3ccccc3n(-c3cc(-c4nc5ccccc5nc4-c4ccc5c(c4)sc4ccccc45)cc4ccccc34)c2cccc(-n2c3ccccc3c3cc4ccccc4cc32)c1. The van der Waals surface area contributed by atoms with E-state index in [-0.39, 0.29) is 0 Å². The summed E-state index contributed by atoms with van der Waals surface area (Å²) in [6, 6.07) is 83.4. The van der Waals surface area contributed by atoms with Gasteiger partial charge < -0.3 is 9.13 Å². The van der Waals surface area contributed by atoms with Crippen molar-refractivity contribution in [3.63, 3.8) is 0 Å². The van der Waals surface area contributed by atoms with Crippen LogP contribution in [0.25, 0.3) is 130 Å². The number of benzene rings is 9. The van der Waals surface area contributed by atoms with Gasteiger partial charge in [-0.3, -0.25) is 0 Å². The quantitative estimate of drug-likeness (QED) is 0.177.